The van der Waals surface area contributed by atoms with E-state index in [9.17, 15) is 9.59 Å². The number of likely N-dealkylation sites (N-methyl/N-ethyl adjacent to an activating group) is 1. The van der Waals surface area contributed by atoms with E-state index in [2.05, 4.69) is 17.6 Å². The Bertz CT molecular complexity index is 342. The fourth-order valence-corrected chi connectivity index (χ4v) is 3.19. The lowest BCUT2D eigenvalue weighted by molar-refractivity contribution is -0.140. The summed E-state index contributed by atoms with van der Waals surface area (Å²) in [5.41, 5.74) is -0.342. The van der Waals surface area contributed by atoms with Gasteiger partial charge in [0, 0.05) is 19.6 Å². The predicted molar refractivity (Wildman–Crippen MR) is 85.0 cm³/mol. The van der Waals surface area contributed by atoms with Gasteiger partial charge in [-0.25, -0.2) is 0 Å². The largest absolute Gasteiger partial charge is 0.344 e. The summed E-state index contributed by atoms with van der Waals surface area (Å²) >= 11 is 0. The highest BCUT2D eigenvalue weighted by Crippen LogP contribution is 2.32. The highest BCUT2D eigenvalue weighted by atomic mass is 16.2. The molecule has 1 heterocycles. The van der Waals surface area contributed by atoms with Gasteiger partial charge in [-0.05, 0) is 46.6 Å². The second-order valence-electron chi connectivity index (χ2n) is 6.02. The zero-order valence-corrected chi connectivity index (χ0v) is 14.0. The Hall–Kier alpha value is -1.10. The van der Waals surface area contributed by atoms with Crippen molar-refractivity contribution in [3.63, 3.8) is 0 Å². The van der Waals surface area contributed by atoms with Crippen LogP contribution in [0.3, 0.4) is 0 Å². The second-order valence-corrected chi connectivity index (χ2v) is 6.02. The highest BCUT2D eigenvalue weighted by molar-refractivity contribution is 5.90. The first-order valence-corrected chi connectivity index (χ1v) is 8.31. The van der Waals surface area contributed by atoms with E-state index in [1.165, 1.54) is 0 Å². The first-order valence-electron chi connectivity index (χ1n) is 8.31. The third-order valence-electron chi connectivity index (χ3n) is 4.48. The second kappa shape index (κ2) is 8.37. The van der Waals surface area contributed by atoms with Crippen LogP contribution in [0.15, 0.2) is 0 Å². The smallest absolute Gasteiger partial charge is 0.244 e. The van der Waals surface area contributed by atoms with Crippen molar-refractivity contribution in [2.24, 2.45) is 5.41 Å². The number of piperidine rings is 1. The molecular weight excluding hydrogens is 266 g/mol. The minimum absolute atomic E-state index is 0.00349. The molecule has 21 heavy (non-hydrogen) atoms. The van der Waals surface area contributed by atoms with Crippen molar-refractivity contribution in [2.45, 2.75) is 59.4 Å². The lowest BCUT2D eigenvalue weighted by atomic mass is 9.76. The van der Waals surface area contributed by atoms with Crippen molar-refractivity contribution < 1.29 is 9.59 Å². The van der Waals surface area contributed by atoms with Gasteiger partial charge in [0.25, 0.3) is 0 Å². The first-order chi connectivity index (χ1) is 10.0. The van der Waals surface area contributed by atoms with Gasteiger partial charge in [-0.15, -0.1) is 0 Å². The quantitative estimate of drug-likeness (QED) is 0.749. The van der Waals surface area contributed by atoms with Gasteiger partial charge in [0.2, 0.25) is 11.8 Å². The van der Waals surface area contributed by atoms with Crippen LogP contribution in [0.4, 0.5) is 0 Å². The maximum absolute atomic E-state index is 12.7. The summed E-state index contributed by atoms with van der Waals surface area (Å²) in [4.78, 5) is 26.7. The molecule has 122 valence electrons. The molecule has 5 heteroatoms. The summed E-state index contributed by atoms with van der Waals surface area (Å²) in [5.74, 6) is 0.0355. The molecule has 1 rings (SSSR count). The maximum atomic E-state index is 12.7. The van der Waals surface area contributed by atoms with Gasteiger partial charge >= 0.3 is 0 Å². The van der Waals surface area contributed by atoms with Gasteiger partial charge in [-0.1, -0.05) is 13.3 Å². The molecular formula is C16H31N3O2. The SMILES string of the molecule is CCCC1(C(=O)NC(C)C(=O)N(CC)CC)CCCNC1. The Kier molecular flexibility index (Phi) is 7.15. The van der Waals surface area contributed by atoms with Crippen LogP contribution in [0.5, 0.6) is 0 Å². The van der Waals surface area contributed by atoms with Crippen LogP contribution >= 0.6 is 0 Å². The molecule has 5 nitrogen and oxygen atoms in total. The van der Waals surface area contributed by atoms with Crippen molar-refractivity contribution >= 4 is 11.8 Å². The molecule has 0 spiro atoms. The number of hydrogen-bond acceptors (Lipinski definition) is 3. The standard InChI is InChI=1S/C16H31N3O2/c1-5-9-16(10-8-11-17-12-16)15(21)18-13(4)14(20)19(6-2)7-3/h13,17H,5-12H2,1-4H3,(H,18,21). The Morgan fingerprint density at radius 2 is 1.95 bits per heavy atom. The van der Waals surface area contributed by atoms with Crippen LogP contribution in [0.25, 0.3) is 0 Å². The van der Waals surface area contributed by atoms with E-state index in [0.717, 1.165) is 38.8 Å². The molecule has 2 N–H and O–H groups in total. The Labute approximate surface area is 128 Å². The van der Waals surface area contributed by atoms with E-state index in [4.69, 9.17) is 0 Å². The van der Waals surface area contributed by atoms with Crippen LogP contribution in [0.1, 0.15) is 53.4 Å². The third kappa shape index (κ3) is 4.43. The van der Waals surface area contributed by atoms with Crippen molar-refractivity contribution in [3.05, 3.63) is 0 Å². The molecule has 0 bridgehead atoms. The fourth-order valence-electron chi connectivity index (χ4n) is 3.19. The van der Waals surface area contributed by atoms with Crippen molar-refractivity contribution in [3.8, 4) is 0 Å². The summed E-state index contributed by atoms with van der Waals surface area (Å²) in [6.45, 7) is 10.9. The van der Waals surface area contributed by atoms with Crippen molar-refractivity contribution in [1.29, 1.82) is 0 Å². The summed E-state index contributed by atoms with van der Waals surface area (Å²) in [6, 6.07) is -0.451. The number of hydrogen-bond donors (Lipinski definition) is 2. The minimum Gasteiger partial charge on any atom is -0.344 e. The molecule has 1 aliphatic heterocycles. The van der Waals surface area contributed by atoms with Crippen LogP contribution in [-0.2, 0) is 9.59 Å². The minimum atomic E-state index is -0.451. The highest BCUT2D eigenvalue weighted by Gasteiger charge is 2.39. The van der Waals surface area contributed by atoms with Gasteiger partial charge in [0.1, 0.15) is 6.04 Å². The predicted octanol–water partition coefficient (Wildman–Crippen LogP) is 1.53. The molecule has 0 aromatic rings. The number of carbonyl (C=O) groups excluding carboxylic acids is 2. The number of rotatable bonds is 7. The van der Waals surface area contributed by atoms with E-state index in [1.54, 1.807) is 11.8 Å². The summed E-state index contributed by atoms with van der Waals surface area (Å²) in [7, 11) is 0. The molecule has 0 radical (unpaired) electrons. The molecule has 1 saturated heterocycles. The molecule has 2 atom stereocenters. The average molecular weight is 297 g/mol. The lowest BCUT2D eigenvalue weighted by Gasteiger charge is -2.37. The Balaban J connectivity index is 2.70. The molecule has 1 aliphatic rings. The molecule has 0 aromatic carbocycles. The molecule has 0 aromatic heterocycles. The van der Waals surface area contributed by atoms with Gasteiger partial charge in [0.05, 0.1) is 5.41 Å². The summed E-state index contributed by atoms with van der Waals surface area (Å²) < 4.78 is 0. The van der Waals surface area contributed by atoms with Crippen LogP contribution < -0.4 is 10.6 Å². The van der Waals surface area contributed by atoms with E-state index in [-0.39, 0.29) is 17.2 Å². The van der Waals surface area contributed by atoms with Crippen LogP contribution in [-0.4, -0.2) is 48.9 Å². The van der Waals surface area contributed by atoms with Crippen LogP contribution in [0, 0.1) is 5.41 Å². The van der Waals surface area contributed by atoms with Gasteiger partial charge in [0.15, 0.2) is 0 Å². The number of nitrogens with zero attached hydrogens (tertiary/aromatic N) is 1. The normalized spacial score (nSPS) is 23.4. The zero-order valence-electron chi connectivity index (χ0n) is 14.0. The van der Waals surface area contributed by atoms with Crippen LogP contribution in [0.2, 0.25) is 0 Å². The van der Waals surface area contributed by atoms with Gasteiger partial charge < -0.3 is 15.5 Å². The van der Waals surface area contributed by atoms with E-state index in [0.29, 0.717) is 13.1 Å². The lowest BCUT2D eigenvalue weighted by Crippen LogP contribution is -2.55. The summed E-state index contributed by atoms with van der Waals surface area (Å²) in [5, 5.41) is 6.29. The average Bonchev–Trinajstić information content (AvgIpc) is 2.49. The zero-order chi connectivity index (χ0) is 15.9. The Morgan fingerprint density at radius 1 is 1.29 bits per heavy atom. The molecule has 1 fully saturated rings. The topological polar surface area (TPSA) is 61.4 Å². The first kappa shape index (κ1) is 18.0. The maximum Gasteiger partial charge on any atom is 0.244 e. The number of carbonyl (C=O) groups is 2. The number of nitrogens with one attached hydrogen (secondary N) is 2. The molecule has 0 saturated carbocycles. The molecule has 0 aliphatic carbocycles. The van der Waals surface area contributed by atoms with E-state index >= 15 is 0 Å². The fraction of sp³-hybridized carbons (Fsp3) is 0.875. The third-order valence-corrected chi connectivity index (χ3v) is 4.48. The van der Waals surface area contributed by atoms with Crippen molar-refractivity contribution in [1.82, 2.24) is 15.5 Å². The van der Waals surface area contributed by atoms with Gasteiger partial charge in [-0.2, -0.15) is 0 Å². The Morgan fingerprint density at radius 3 is 2.43 bits per heavy atom. The monoisotopic (exact) mass is 297 g/mol. The van der Waals surface area contributed by atoms with Gasteiger partial charge in [-0.3, -0.25) is 9.59 Å². The number of amides is 2. The molecule has 2 amide bonds. The van der Waals surface area contributed by atoms with E-state index in [1.807, 2.05) is 13.8 Å². The van der Waals surface area contributed by atoms with E-state index < -0.39 is 6.04 Å². The molecule has 2 unspecified atom stereocenters. The van der Waals surface area contributed by atoms with Crippen molar-refractivity contribution in [2.75, 3.05) is 26.2 Å². The summed E-state index contributed by atoms with van der Waals surface area (Å²) in [6.07, 6.45) is 3.78.